The van der Waals surface area contributed by atoms with Crippen molar-refractivity contribution in [2.24, 2.45) is 0 Å². The fourth-order valence-electron chi connectivity index (χ4n) is 1.11. The third kappa shape index (κ3) is 3.49. The lowest BCUT2D eigenvalue weighted by Gasteiger charge is -2.07. The maximum atomic E-state index is 12.6. The largest absolute Gasteiger partial charge is 0.332 e. The predicted molar refractivity (Wildman–Crippen MR) is 60.1 cm³/mol. The molecule has 0 saturated carbocycles. The molecule has 1 atom stereocenters. The standard InChI is InChI=1S/C9H9FN2O4S2/c1-7(6-11)12-18(15,16)9-4-2-8(3-5-9)17(10,13)14/h2-5,7,12H,1H3. The minimum Gasteiger partial charge on any atom is -0.207 e. The molecule has 0 aliphatic carbocycles. The number of benzene rings is 1. The topological polar surface area (TPSA) is 104 Å². The van der Waals surface area contributed by atoms with Gasteiger partial charge in [-0.2, -0.15) is 18.4 Å². The third-order valence-electron chi connectivity index (χ3n) is 1.94. The molecule has 0 amide bonds. The van der Waals surface area contributed by atoms with Crippen LogP contribution in [-0.2, 0) is 20.2 Å². The zero-order valence-electron chi connectivity index (χ0n) is 9.16. The molecule has 0 radical (unpaired) electrons. The quantitative estimate of drug-likeness (QED) is 0.815. The maximum absolute atomic E-state index is 12.6. The molecule has 0 bridgehead atoms. The molecule has 0 aliphatic heterocycles. The molecule has 9 heteroatoms. The second-order valence-corrected chi connectivity index (χ2v) is 6.44. The van der Waals surface area contributed by atoms with Crippen LogP contribution in [0.4, 0.5) is 3.89 Å². The van der Waals surface area contributed by atoms with Crippen molar-refractivity contribution in [3.63, 3.8) is 0 Å². The van der Waals surface area contributed by atoms with Crippen LogP contribution in [0.5, 0.6) is 0 Å². The molecule has 0 aromatic heterocycles. The van der Waals surface area contributed by atoms with Crippen LogP contribution in [0.25, 0.3) is 0 Å². The number of halogens is 1. The van der Waals surface area contributed by atoms with Crippen LogP contribution < -0.4 is 4.72 Å². The number of hydrogen-bond acceptors (Lipinski definition) is 5. The molecule has 0 heterocycles. The number of nitrogens with zero attached hydrogens (tertiary/aromatic N) is 1. The Bertz CT molecular complexity index is 674. The van der Waals surface area contributed by atoms with Crippen molar-refractivity contribution in [1.82, 2.24) is 4.72 Å². The Morgan fingerprint density at radius 3 is 2.00 bits per heavy atom. The molecule has 6 nitrogen and oxygen atoms in total. The smallest absolute Gasteiger partial charge is 0.207 e. The Morgan fingerprint density at radius 2 is 1.61 bits per heavy atom. The number of nitrogens with one attached hydrogen (secondary N) is 1. The van der Waals surface area contributed by atoms with Gasteiger partial charge in [-0.25, -0.2) is 8.42 Å². The zero-order valence-corrected chi connectivity index (χ0v) is 10.8. The van der Waals surface area contributed by atoms with E-state index in [0.717, 1.165) is 24.3 Å². The van der Waals surface area contributed by atoms with Crippen molar-refractivity contribution in [3.8, 4) is 6.07 Å². The molecule has 18 heavy (non-hydrogen) atoms. The van der Waals surface area contributed by atoms with E-state index < -0.39 is 31.2 Å². The first-order chi connectivity index (χ1) is 8.16. The Morgan fingerprint density at radius 1 is 1.17 bits per heavy atom. The van der Waals surface area contributed by atoms with Crippen molar-refractivity contribution in [2.75, 3.05) is 0 Å². The van der Waals surface area contributed by atoms with Gasteiger partial charge in [0, 0.05) is 0 Å². The first-order valence-electron chi connectivity index (χ1n) is 4.63. The van der Waals surface area contributed by atoms with Crippen molar-refractivity contribution in [2.45, 2.75) is 22.8 Å². The summed E-state index contributed by atoms with van der Waals surface area (Å²) in [5.74, 6) is 0. The van der Waals surface area contributed by atoms with Gasteiger partial charge < -0.3 is 0 Å². The Balaban J connectivity index is 3.10. The van der Waals surface area contributed by atoms with Crippen LogP contribution in [0, 0.1) is 11.3 Å². The molecule has 98 valence electrons. The molecule has 1 aromatic rings. The second-order valence-electron chi connectivity index (χ2n) is 3.38. The van der Waals surface area contributed by atoms with E-state index in [1.165, 1.54) is 6.92 Å². The van der Waals surface area contributed by atoms with Crippen LogP contribution in [0.15, 0.2) is 34.1 Å². The van der Waals surface area contributed by atoms with Crippen LogP contribution >= 0.6 is 0 Å². The van der Waals surface area contributed by atoms with Gasteiger partial charge in [0.1, 0.15) is 6.04 Å². The average molecular weight is 292 g/mol. The third-order valence-corrected chi connectivity index (χ3v) is 4.33. The maximum Gasteiger partial charge on any atom is 0.332 e. The van der Waals surface area contributed by atoms with Gasteiger partial charge in [0.15, 0.2) is 0 Å². The van der Waals surface area contributed by atoms with Gasteiger partial charge >= 0.3 is 10.2 Å². The molecular weight excluding hydrogens is 283 g/mol. The fourth-order valence-corrected chi connectivity index (χ4v) is 2.72. The van der Waals surface area contributed by atoms with Gasteiger partial charge in [-0.3, -0.25) is 0 Å². The highest BCUT2D eigenvalue weighted by Gasteiger charge is 2.18. The van der Waals surface area contributed by atoms with E-state index in [9.17, 15) is 20.7 Å². The molecule has 1 unspecified atom stereocenters. The average Bonchev–Trinajstić information content (AvgIpc) is 2.27. The van der Waals surface area contributed by atoms with Crippen LogP contribution in [0.3, 0.4) is 0 Å². The monoisotopic (exact) mass is 292 g/mol. The minimum atomic E-state index is -4.86. The Hall–Kier alpha value is -1.50. The van der Waals surface area contributed by atoms with Crippen LogP contribution in [0.2, 0.25) is 0 Å². The van der Waals surface area contributed by atoms with Crippen LogP contribution in [-0.4, -0.2) is 22.9 Å². The van der Waals surface area contributed by atoms with E-state index >= 15 is 0 Å². The van der Waals surface area contributed by atoms with Gasteiger partial charge in [-0.05, 0) is 31.2 Å². The summed E-state index contributed by atoms with van der Waals surface area (Å²) in [6, 6.07) is 4.30. The number of sulfonamides is 1. The van der Waals surface area contributed by atoms with E-state index in [-0.39, 0.29) is 4.90 Å². The van der Waals surface area contributed by atoms with E-state index in [1.807, 2.05) is 4.72 Å². The van der Waals surface area contributed by atoms with Crippen molar-refractivity contribution >= 4 is 20.2 Å². The SMILES string of the molecule is CC(C#N)NS(=O)(=O)c1ccc(S(=O)(=O)F)cc1. The molecule has 0 fully saturated rings. The molecule has 1 N–H and O–H groups in total. The van der Waals surface area contributed by atoms with Gasteiger partial charge in [0.2, 0.25) is 10.0 Å². The van der Waals surface area contributed by atoms with Crippen molar-refractivity contribution < 1.29 is 20.7 Å². The molecule has 1 aromatic carbocycles. The van der Waals surface area contributed by atoms with Gasteiger partial charge in [-0.15, -0.1) is 3.89 Å². The lowest BCUT2D eigenvalue weighted by Crippen LogP contribution is -2.31. The first kappa shape index (κ1) is 14.6. The highest BCUT2D eigenvalue weighted by Crippen LogP contribution is 2.16. The van der Waals surface area contributed by atoms with Gasteiger partial charge in [-0.1, -0.05) is 0 Å². The molecule has 0 spiro atoms. The summed E-state index contributed by atoms with van der Waals surface area (Å²) in [6.07, 6.45) is 0. The Labute approximate surface area is 104 Å². The highest BCUT2D eigenvalue weighted by molar-refractivity contribution is 7.89. The molecule has 0 aliphatic rings. The van der Waals surface area contributed by atoms with Gasteiger partial charge in [0.05, 0.1) is 15.9 Å². The van der Waals surface area contributed by atoms with E-state index in [4.69, 9.17) is 5.26 Å². The molecule has 0 saturated heterocycles. The summed E-state index contributed by atoms with van der Waals surface area (Å²) in [5, 5.41) is 8.49. The van der Waals surface area contributed by atoms with E-state index in [1.54, 1.807) is 6.07 Å². The fraction of sp³-hybridized carbons (Fsp3) is 0.222. The summed E-state index contributed by atoms with van der Waals surface area (Å²) in [7, 11) is -8.78. The normalized spacial score (nSPS) is 13.8. The summed E-state index contributed by atoms with van der Waals surface area (Å²) in [5.41, 5.74) is 0. The second kappa shape index (κ2) is 5.01. The Kier molecular flexibility index (Phi) is 4.05. The minimum absolute atomic E-state index is 0.253. The van der Waals surface area contributed by atoms with Gasteiger partial charge in [0.25, 0.3) is 0 Å². The summed E-state index contributed by atoms with van der Waals surface area (Å²) >= 11 is 0. The summed E-state index contributed by atoms with van der Waals surface area (Å²) in [4.78, 5) is -0.883. The molecular formula is C9H9FN2O4S2. The number of hydrogen-bond donors (Lipinski definition) is 1. The summed E-state index contributed by atoms with van der Waals surface area (Å²) in [6.45, 7) is 1.35. The van der Waals surface area contributed by atoms with E-state index in [0.29, 0.717) is 0 Å². The molecule has 1 rings (SSSR count). The predicted octanol–water partition coefficient (Wildman–Crippen LogP) is 0.535. The summed E-state index contributed by atoms with van der Waals surface area (Å²) < 4.78 is 59.0. The zero-order chi connectivity index (χ0) is 14.0. The lowest BCUT2D eigenvalue weighted by molar-refractivity contribution is 0.551. The number of nitriles is 1. The van der Waals surface area contributed by atoms with Crippen LogP contribution in [0.1, 0.15) is 6.92 Å². The van der Waals surface area contributed by atoms with E-state index in [2.05, 4.69) is 0 Å². The lowest BCUT2D eigenvalue weighted by atomic mass is 10.4. The first-order valence-corrected chi connectivity index (χ1v) is 7.50. The highest BCUT2D eigenvalue weighted by atomic mass is 32.3. The van der Waals surface area contributed by atoms with Crippen molar-refractivity contribution in [3.05, 3.63) is 24.3 Å². The van der Waals surface area contributed by atoms with Crippen molar-refractivity contribution in [1.29, 1.82) is 5.26 Å². The number of rotatable bonds is 4.